The molecule has 0 saturated carbocycles. The van der Waals surface area contributed by atoms with E-state index >= 15 is 0 Å². The van der Waals surface area contributed by atoms with Gasteiger partial charge in [0.15, 0.2) is 0 Å². The van der Waals surface area contributed by atoms with E-state index in [4.69, 9.17) is 10.5 Å². The van der Waals surface area contributed by atoms with Crippen LogP contribution in [0.2, 0.25) is 0 Å². The Labute approximate surface area is 130 Å². The van der Waals surface area contributed by atoms with Crippen molar-refractivity contribution in [1.29, 1.82) is 0 Å². The number of hydrogen-bond acceptors (Lipinski definition) is 3. The van der Waals surface area contributed by atoms with Gasteiger partial charge in [0.25, 0.3) is 0 Å². The lowest BCUT2D eigenvalue weighted by molar-refractivity contribution is -0.148. The summed E-state index contributed by atoms with van der Waals surface area (Å²) < 4.78 is 5.09. The number of rotatable bonds is 10. The first-order chi connectivity index (χ1) is 7.98. The van der Waals surface area contributed by atoms with Crippen LogP contribution in [0, 0.1) is 0 Å². The van der Waals surface area contributed by atoms with Crippen molar-refractivity contribution in [3.05, 3.63) is 0 Å². The van der Waals surface area contributed by atoms with Gasteiger partial charge in [0, 0.05) is 0 Å². The fourth-order valence-electron chi connectivity index (χ4n) is 1.59. The average Bonchev–Trinajstić information content (AvgIpc) is 2.25. The number of halogens is 2. The molecule has 0 aromatic carbocycles. The third-order valence-corrected chi connectivity index (χ3v) is 2.76. The molecule has 0 rings (SSSR count). The molecule has 3 nitrogen and oxygen atoms in total. The summed E-state index contributed by atoms with van der Waals surface area (Å²) in [5.74, 6) is -0.305. The number of carbonyl (C=O) groups excluding carboxylic acids is 1. The van der Waals surface area contributed by atoms with Gasteiger partial charge in [-0.3, -0.25) is 4.79 Å². The van der Waals surface area contributed by atoms with Gasteiger partial charge in [0.05, 0.1) is 6.61 Å². The van der Waals surface area contributed by atoms with E-state index in [9.17, 15) is 4.79 Å². The highest BCUT2D eigenvalue weighted by Crippen LogP contribution is 2.09. The van der Waals surface area contributed by atoms with Gasteiger partial charge in [-0.1, -0.05) is 51.9 Å². The number of esters is 1. The summed E-state index contributed by atoms with van der Waals surface area (Å²) in [4.78, 5) is 11.3. The number of unbranched alkanes of at least 4 members (excludes halogenated alkanes) is 7. The zero-order valence-corrected chi connectivity index (χ0v) is 14.2. The Morgan fingerprint density at radius 2 is 1.37 bits per heavy atom. The summed E-state index contributed by atoms with van der Waals surface area (Å²) in [7, 11) is 0. The second-order valence-electron chi connectivity index (χ2n) is 5.33. The zero-order chi connectivity index (χ0) is 13.1. The molecule has 0 heterocycles. The van der Waals surface area contributed by atoms with E-state index in [2.05, 4.69) is 6.92 Å². The van der Waals surface area contributed by atoms with Crippen molar-refractivity contribution in [3.8, 4) is 0 Å². The Morgan fingerprint density at radius 1 is 0.947 bits per heavy atom. The van der Waals surface area contributed by atoms with Crippen LogP contribution in [0.4, 0.5) is 0 Å². The van der Waals surface area contributed by atoms with E-state index in [1.54, 1.807) is 13.8 Å². The van der Waals surface area contributed by atoms with E-state index in [1.165, 1.54) is 38.5 Å². The van der Waals surface area contributed by atoms with Gasteiger partial charge in [0.1, 0.15) is 5.54 Å². The Kier molecular flexibility index (Phi) is 18.3. The Bertz CT molecular complexity index is 206. The summed E-state index contributed by atoms with van der Waals surface area (Å²) in [6.07, 6.45) is 9.98. The van der Waals surface area contributed by atoms with Crippen LogP contribution in [0.15, 0.2) is 0 Å². The first-order valence-corrected chi connectivity index (χ1v) is 6.94. The molecule has 118 valence electrons. The van der Waals surface area contributed by atoms with Gasteiger partial charge in [0.2, 0.25) is 0 Å². The monoisotopic (exact) mass is 315 g/mol. The van der Waals surface area contributed by atoms with Crippen LogP contribution in [0.3, 0.4) is 0 Å². The maximum Gasteiger partial charge on any atom is 0.325 e. The highest BCUT2D eigenvalue weighted by atomic mass is 35.5. The number of hydrogen-bond donors (Lipinski definition) is 1. The van der Waals surface area contributed by atoms with E-state index in [1.807, 2.05) is 0 Å². The van der Waals surface area contributed by atoms with Gasteiger partial charge >= 0.3 is 5.97 Å². The van der Waals surface area contributed by atoms with Crippen molar-refractivity contribution in [3.63, 3.8) is 0 Å². The summed E-state index contributed by atoms with van der Waals surface area (Å²) in [6, 6.07) is 0. The maximum absolute atomic E-state index is 11.3. The Morgan fingerprint density at radius 3 is 1.79 bits per heavy atom. The molecule has 19 heavy (non-hydrogen) atoms. The molecule has 0 aliphatic carbocycles. The minimum atomic E-state index is -0.861. The van der Waals surface area contributed by atoms with Gasteiger partial charge < -0.3 is 10.5 Å². The molecule has 0 aliphatic rings. The lowest BCUT2D eigenvalue weighted by Crippen LogP contribution is -2.42. The first-order valence-electron chi connectivity index (χ1n) is 6.94. The second kappa shape index (κ2) is 14.4. The molecule has 0 aromatic rings. The van der Waals surface area contributed by atoms with Crippen LogP contribution >= 0.6 is 24.8 Å². The van der Waals surface area contributed by atoms with Crippen LogP contribution < -0.4 is 5.73 Å². The fourth-order valence-corrected chi connectivity index (χ4v) is 1.59. The van der Waals surface area contributed by atoms with Crippen molar-refractivity contribution in [2.45, 2.75) is 77.7 Å². The smallest absolute Gasteiger partial charge is 0.325 e. The number of nitrogens with two attached hydrogens (primary N) is 1. The lowest BCUT2D eigenvalue weighted by atomic mass is 10.1. The Balaban J connectivity index is -0.00000128. The van der Waals surface area contributed by atoms with Crippen LogP contribution in [0.1, 0.15) is 72.1 Å². The van der Waals surface area contributed by atoms with Gasteiger partial charge in [-0.2, -0.15) is 0 Å². The third kappa shape index (κ3) is 16.0. The molecule has 0 atom stereocenters. The van der Waals surface area contributed by atoms with Crippen molar-refractivity contribution >= 4 is 30.8 Å². The summed E-state index contributed by atoms with van der Waals surface area (Å²) in [5, 5.41) is 0. The Hall–Kier alpha value is 0.01000. The molecule has 0 saturated heterocycles. The van der Waals surface area contributed by atoms with E-state index in [-0.39, 0.29) is 30.8 Å². The molecule has 0 spiro atoms. The average molecular weight is 316 g/mol. The molecule has 5 heteroatoms. The standard InChI is InChI=1S/C14H29NO2.2ClH/c1-4-5-6-7-8-9-10-11-12-17-13(16)14(2,3)15;;/h4-12,15H2,1-3H3;2*1H. The topological polar surface area (TPSA) is 52.3 Å². The predicted octanol–water partition coefficient (Wildman–Crippen LogP) is 4.25. The summed E-state index contributed by atoms with van der Waals surface area (Å²) in [5.41, 5.74) is 4.75. The SMILES string of the molecule is CCCCCCCCCCOC(=O)C(C)(C)N.Cl.Cl. The predicted molar refractivity (Wildman–Crippen MR) is 86.3 cm³/mol. The highest BCUT2D eigenvalue weighted by molar-refractivity contribution is 5.85. The van der Waals surface area contributed by atoms with E-state index < -0.39 is 5.54 Å². The lowest BCUT2D eigenvalue weighted by Gasteiger charge is -2.16. The second-order valence-corrected chi connectivity index (χ2v) is 5.33. The molecule has 0 aliphatic heterocycles. The van der Waals surface area contributed by atoms with Crippen LogP contribution in [-0.4, -0.2) is 18.1 Å². The molecule has 0 unspecified atom stereocenters. The fraction of sp³-hybridized carbons (Fsp3) is 0.929. The van der Waals surface area contributed by atoms with E-state index in [0.717, 1.165) is 12.8 Å². The molecule has 0 aromatic heterocycles. The largest absolute Gasteiger partial charge is 0.464 e. The molecular formula is C14H31Cl2NO2. The van der Waals surface area contributed by atoms with Crippen molar-refractivity contribution in [2.75, 3.05) is 6.61 Å². The van der Waals surface area contributed by atoms with E-state index in [0.29, 0.717) is 6.61 Å². The van der Waals surface area contributed by atoms with Gasteiger partial charge in [-0.25, -0.2) is 0 Å². The normalized spacial score (nSPS) is 10.3. The van der Waals surface area contributed by atoms with Gasteiger partial charge in [-0.05, 0) is 20.3 Å². The summed E-state index contributed by atoms with van der Waals surface area (Å²) in [6.45, 7) is 6.08. The minimum absolute atomic E-state index is 0. The van der Waals surface area contributed by atoms with Crippen molar-refractivity contribution in [1.82, 2.24) is 0 Å². The van der Waals surface area contributed by atoms with Crippen molar-refractivity contribution < 1.29 is 9.53 Å². The maximum atomic E-state index is 11.3. The number of ether oxygens (including phenoxy) is 1. The molecule has 0 radical (unpaired) electrons. The molecule has 0 fully saturated rings. The van der Waals surface area contributed by atoms with Crippen LogP contribution in [-0.2, 0) is 9.53 Å². The molecule has 0 bridgehead atoms. The quantitative estimate of drug-likeness (QED) is 0.484. The minimum Gasteiger partial charge on any atom is -0.464 e. The van der Waals surface area contributed by atoms with Gasteiger partial charge in [-0.15, -0.1) is 24.8 Å². The van der Waals surface area contributed by atoms with Crippen LogP contribution in [0.5, 0.6) is 0 Å². The zero-order valence-electron chi connectivity index (χ0n) is 12.6. The first kappa shape index (κ1) is 24.1. The molecule has 0 amide bonds. The third-order valence-electron chi connectivity index (χ3n) is 2.76. The molecule has 2 N–H and O–H groups in total. The highest BCUT2D eigenvalue weighted by Gasteiger charge is 2.23. The van der Waals surface area contributed by atoms with Crippen LogP contribution in [0.25, 0.3) is 0 Å². The summed E-state index contributed by atoms with van der Waals surface area (Å²) >= 11 is 0. The van der Waals surface area contributed by atoms with Crippen molar-refractivity contribution in [2.24, 2.45) is 5.73 Å². The molecular weight excluding hydrogens is 285 g/mol. The number of carbonyl (C=O) groups is 1.